The quantitative estimate of drug-likeness (QED) is 0.503. The molecule has 27 heavy (non-hydrogen) atoms. The van der Waals surface area contributed by atoms with Crippen molar-refractivity contribution in [1.29, 1.82) is 0 Å². The Balaban J connectivity index is 1.85. The molecule has 1 aromatic heterocycles. The molecule has 0 aliphatic rings. The average molecular weight is 366 g/mol. The monoisotopic (exact) mass is 366 g/mol. The van der Waals surface area contributed by atoms with Gasteiger partial charge in [-0.05, 0) is 42.5 Å². The first-order chi connectivity index (χ1) is 13.0. The van der Waals surface area contributed by atoms with Crippen molar-refractivity contribution in [3.63, 3.8) is 0 Å². The summed E-state index contributed by atoms with van der Waals surface area (Å²) in [6.07, 6.45) is 2.73. The normalized spacial score (nSPS) is 11.0. The summed E-state index contributed by atoms with van der Waals surface area (Å²) in [5.74, 6) is 0.303. The number of rotatable bonds is 7. The summed E-state index contributed by atoms with van der Waals surface area (Å²) in [5, 5.41) is 9.87. The summed E-state index contributed by atoms with van der Waals surface area (Å²) in [6, 6.07) is 12.1. The number of hydrogen-bond acceptors (Lipinski definition) is 5. The van der Waals surface area contributed by atoms with Crippen LogP contribution in [0, 0.1) is 0 Å². The minimum Gasteiger partial charge on any atom is -0.496 e. The van der Waals surface area contributed by atoms with Gasteiger partial charge in [0.05, 0.1) is 20.6 Å². The highest BCUT2D eigenvalue weighted by Gasteiger charge is 2.12. The zero-order chi connectivity index (χ0) is 19.4. The highest BCUT2D eigenvalue weighted by molar-refractivity contribution is 6.07. The molecule has 3 aromatic rings. The average Bonchev–Trinajstić information content (AvgIpc) is 3.08. The number of aliphatic carboxylic acids is 1. The van der Waals surface area contributed by atoms with Crippen molar-refractivity contribution in [3.8, 4) is 11.5 Å². The highest BCUT2D eigenvalue weighted by Crippen LogP contribution is 2.29. The maximum Gasteiger partial charge on any atom is 0.307 e. The second kappa shape index (κ2) is 7.78. The van der Waals surface area contributed by atoms with Gasteiger partial charge in [0.1, 0.15) is 11.5 Å². The topological polar surface area (TPSA) is 86.0 Å². The lowest BCUT2D eigenvalue weighted by Crippen LogP contribution is -2.04. The van der Waals surface area contributed by atoms with E-state index in [0.29, 0.717) is 34.0 Å². The zero-order valence-corrected chi connectivity index (χ0v) is 14.9. The molecule has 0 saturated carbocycles. The molecular weight excluding hydrogens is 348 g/mol. The number of methoxy groups -OCH3 is 2. The summed E-state index contributed by atoms with van der Waals surface area (Å²) in [6.45, 7) is 0. The molecule has 0 unspecified atom stereocenters. The van der Waals surface area contributed by atoms with Crippen LogP contribution < -0.4 is 9.47 Å². The van der Waals surface area contributed by atoms with E-state index in [1.165, 1.54) is 19.3 Å². The number of carboxylic acid groups (broad SMARTS) is 1. The molecule has 0 atom stereocenters. The Labute approximate surface area is 155 Å². The van der Waals surface area contributed by atoms with Crippen molar-refractivity contribution in [2.45, 2.75) is 6.42 Å². The number of carbonyl (C=O) groups is 2. The minimum atomic E-state index is -0.996. The number of para-hydroxylation sites is 1. The van der Waals surface area contributed by atoms with Gasteiger partial charge in [-0.15, -0.1) is 0 Å². The summed E-state index contributed by atoms with van der Waals surface area (Å²) in [7, 11) is 3.02. The van der Waals surface area contributed by atoms with Crippen molar-refractivity contribution in [2.24, 2.45) is 0 Å². The van der Waals surface area contributed by atoms with Crippen LogP contribution in [0.2, 0.25) is 0 Å². The van der Waals surface area contributed by atoms with Crippen LogP contribution >= 0.6 is 0 Å². The molecule has 3 rings (SSSR count). The molecule has 1 N–H and O–H groups in total. The number of ketones is 1. The number of hydrogen-bond donors (Lipinski definition) is 1. The van der Waals surface area contributed by atoms with E-state index in [4.69, 9.17) is 19.0 Å². The zero-order valence-electron chi connectivity index (χ0n) is 14.9. The van der Waals surface area contributed by atoms with Crippen molar-refractivity contribution in [1.82, 2.24) is 0 Å². The van der Waals surface area contributed by atoms with E-state index < -0.39 is 5.97 Å². The lowest BCUT2D eigenvalue weighted by atomic mass is 10.0. The van der Waals surface area contributed by atoms with E-state index >= 15 is 0 Å². The molecule has 6 heteroatoms. The molecule has 0 radical (unpaired) electrons. The van der Waals surface area contributed by atoms with Crippen LogP contribution in [0.3, 0.4) is 0 Å². The van der Waals surface area contributed by atoms with Crippen molar-refractivity contribution < 1.29 is 28.6 Å². The molecule has 2 aromatic carbocycles. The van der Waals surface area contributed by atoms with Crippen LogP contribution in [-0.4, -0.2) is 31.1 Å². The largest absolute Gasteiger partial charge is 0.496 e. The molecule has 0 saturated heterocycles. The third-order valence-corrected chi connectivity index (χ3v) is 4.05. The first-order valence-electron chi connectivity index (χ1n) is 8.19. The predicted molar refractivity (Wildman–Crippen MR) is 100 cm³/mol. The SMILES string of the molecule is COc1ccc(C(=O)/C=C/c2cc3cccc(OC)c3o2)cc1CC(=O)O. The summed E-state index contributed by atoms with van der Waals surface area (Å²) < 4.78 is 16.1. The number of furan rings is 1. The molecule has 0 amide bonds. The molecule has 0 aliphatic carbocycles. The van der Waals surface area contributed by atoms with Crippen LogP contribution in [0.1, 0.15) is 21.7 Å². The second-order valence-corrected chi connectivity index (χ2v) is 5.82. The van der Waals surface area contributed by atoms with Crippen LogP contribution in [0.15, 0.2) is 53.0 Å². The smallest absolute Gasteiger partial charge is 0.307 e. The number of fused-ring (bicyclic) bond motifs is 1. The number of carboxylic acids is 1. The van der Waals surface area contributed by atoms with Gasteiger partial charge in [0, 0.05) is 16.5 Å². The number of allylic oxidation sites excluding steroid dienone is 1. The van der Waals surface area contributed by atoms with E-state index in [2.05, 4.69) is 0 Å². The van der Waals surface area contributed by atoms with E-state index in [1.807, 2.05) is 18.2 Å². The van der Waals surface area contributed by atoms with Gasteiger partial charge < -0.3 is 19.0 Å². The Morgan fingerprint density at radius 1 is 1.07 bits per heavy atom. The maximum atomic E-state index is 12.5. The van der Waals surface area contributed by atoms with Gasteiger partial charge in [0.2, 0.25) is 0 Å². The third kappa shape index (κ3) is 4.00. The van der Waals surface area contributed by atoms with Gasteiger partial charge in [-0.25, -0.2) is 0 Å². The fraction of sp³-hybridized carbons (Fsp3) is 0.143. The van der Waals surface area contributed by atoms with Crippen LogP contribution in [0.25, 0.3) is 17.0 Å². The molecule has 0 aliphatic heterocycles. The molecule has 0 bridgehead atoms. The lowest BCUT2D eigenvalue weighted by Gasteiger charge is -2.07. The van der Waals surface area contributed by atoms with Crippen molar-refractivity contribution in [2.75, 3.05) is 14.2 Å². The lowest BCUT2D eigenvalue weighted by molar-refractivity contribution is -0.136. The van der Waals surface area contributed by atoms with E-state index in [1.54, 1.807) is 31.4 Å². The highest BCUT2D eigenvalue weighted by atomic mass is 16.5. The van der Waals surface area contributed by atoms with Gasteiger partial charge in [-0.3, -0.25) is 9.59 Å². The molecule has 1 heterocycles. The number of benzene rings is 2. The molecule has 0 fully saturated rings. The fourth-order valence-electron chi connectivity index (χ4n) is 2.79. The van der Waals surface area contributed by atoms with Gasteiger partial charge in [-0.1, -0.05) is 12.1 Å². The fourth-order valence-corrected chi connectivity index (χ4v) is 2.79. The summed E-state index contributed by atoms with van der Waals surface area (Å²) >= 11 is 0. The van der Waals surface area contributed by atoms with Gasteiger partial charge in [0.15, 0.2) is 17.1 Å². The molecule has 6 nitrogen and oxygen atoms in total. The first kappa shape index (κ1) is 18.3. The van der Waals surface area contributed by atoms with Gasteiger partial charge in [0.25, 0.3) is 0 Å². The third-order valence-electron chi connectivity index (χ3n) is 4.05. The van der Waals surface area contributed by atoms with Crippen molar-refractivity contribution >= 4 is 28.8 Å². The second-order valence-electron chi connectivity index (χ2n) is 5.82. The first-order valence-corrected chi connectivity index (χ1v) is 8.19. The van der Waals surface area contributed by atoms with E-state index in [-0.39, 0.29) is 12.2 Å². The Morgan fingerprint density at radius 2 is 1.85 bits per heavy atom. The summed E-state index contributed by atoms with van der Waals surface area (Å²) in [4.78, 5) is 23.4. The minimum absolute atomic E-state index is 0.225. The Hall–Kier alpha value is -3.54. The number of carbonyl (C=O) groups excluding carboxylic acids is 1. The van der Waals surface area contributed by atoms with E-state index in [9.17, 15) is 9.59 Å². The standard InChI is InChI=1S/C21H18O6/c1-25-18-9-6-13(10-15(18)12-20(23)24)17(22)8-7-16-11-14-4-3-5-19(26-2)21(14)27-16/h3-11H,12H2,1-2H3,(H,23,24)/b8-7+. The predicted octanol–water partition coefficient (Wildman–Crippen LogP) is 3.97. The van der Waals surface area contributed by atoms with Crippen LogP contribution in [0.5, 0.6) is 11.5 Å². The van der Waals surface area contributed by atoms with Gasteiger partial charge in [-0.2, -0.15) is 0 Å². The van der Waals surface area contributed by atoms with Crippen LogP contribution in [0.4, 0.5) is 0 Å². The number of ether oxygens (including phenoxy) is 2. The van der Waals surface area contributed by atoms with Gasteiger partial charge >= 0.3 is 5.97 Å². The van der Waals surface area contributed by atoms with E-state index in [0.717, 1.165) is 5.39 Å². The molecule has 0 spiro atoms. The maximum absolute atomic E-state index is 12.5. The van der Waals surface area contributed by atoms with Crippen LogP contribution in [-0.2, 0) is 11.2 Å². The Bertz CT molecular complexity index is 1030. The van der Waals surface area contributed by atoms with Crippen molar-refractivity contribution in [3.05, 3.63) is 65.4 Å². The summed E-state index contributed by atoms with van der Waals surface area (Å²) in [5.41, 5.74) is 1.43. The Morgan fingerprint density at radius 3 is 2.56 bits per heavy atom. The molecular formula is C21H18O6. The Kier molecular flexibility index (Phi) is 5.26. The molecule has 138 valence electrons.